The summed E-state index contributed by atoms with van der Waals surface area (Å²) in [5.74, 6) is 0.263. The van der Waals surface area contributed by atoms with Crippen LogP contribution >= 0.6 is 34.7 Å². The number of hydrogen-bond acceptors (Lipinski definition) is 10. The molecular weight excluding hydrogens is 548 g/mol. The van der Waals surface area contributed by atoms with E-state index in [9.17, 15) is 14.4 Å². The van der Waals surface area contributed by atoms with E-state index >= 15 is 0 Å². The first-order valence-electron chi connectivity index (χ1n) is 11.4. The molecule has 2 aromatic heterocycles. The Labute approximate surface area is 232 Å². The molecule has 0 radical (unpaired) electrons. The molecule has 2 N–H and O–H groups in total. The van der Waals surface area contributed by atoms with Crippen LogP contribution in [0.3, 0.4) is 0 Å². The van der Waals surface area contributed by atoms with Gasteiger partial charge in [-0.15, -0.1) is 10.2 Å². The minimum atomic E-state index is -0.662. The largest absolute Gasteiger partial charge is 0.442 e. The Kier molecular flexibility index (Phi) is 8.05. The van der Waals surface area contributed by atoms with Crippen molar-refractivity contribution in [2.24, 2.45) is 0 Å². The maximum atomic E-state index is 12.5. The molecule has 0 spiro atoms. The van der Waals surface area contributed by atoms with Gasteiger partial charge in [-0.2, -0.15) is 9.78 Å². The van der Waals surface area contributed by atoms with E-state index in [4.69, 9.17) is 16.3 Å². The lowest BCUT2D eigenvalue weighted by Crippen LogP contribution is -2.27. The fourth-order valence-corrected chi connectivity index (χ4v) is 5.02. The van der Waals surface area contributed by atoms with E-state index in [-0.39, 0.29) is 11.0 Å². The fourth-order valence-electron chi connectivity index (χ4n) is 3.48. The third-order valence-electron chi connectivity index (χ3n) is 4.92. The Morgan fingerprint density at radius 1 is 1.13 bits per heavy atom. The number of ether oxygens (including phenoxy) is 1. The minimum absolute atomic E-state index is 0.00404. The highest BCUT2D eigenvalue weighted by atomic mass is 35.5. The van der Waals surface area contributed by atoms with E-state index in [1.54, 1.807) is 39.0 Å². The smallest absolute Gasteiger partial charge is 0.435 e. The summed E-state index contributed by atoms with van der Waals surface area (Å²) in [6, 6.07) is 8.99. The molecule has 4 aromatic rings. The van der Waals surface area contributed by atoms with E-state index < -0.39 is 11.7 Å². The predicted octanol–water partition coefficient (Wildman–Crippen LogP) is 6.47. The highest BCUT2D eigenvalue weighted by molar-refractivity contribution is 8.12. The molecule has 1 amide bonds. The first kappa shape index (κ1) is 27.6. The summed E-state index contributed by atoms with van der Waals surface area (Å²) in [7, 11) is 0. The van der Waals surface area contributed by atoms with Crippen LogP contribution in [0.15, 0.2) is 36.5 Å². The first-order valence-corrected chi connectivity index (χ1v) is 13.6. The number of carbonyl (C=O) groups excluding carboxylic acids is 3. The van der Waals surface area contributed by atoms with Crippen molar-refractivity contribution in [2.45, 2.75) is 46.0 Å². The van der Waals surface area contributed by atoms with Gasteiger partial charge in [0.25, 0.3) is 0 Å². The van der Waals surface area contributed by atoms with Crippen molar-refractivity contribution in [3.63, 3.8) is 0 Å². The number of carbonyl (C=O) groups is 3. The zero-order chi connectivity index (χ0) is 27.6. The molecule has 0 aliphatic carbocycles. The lowest BCUT2D eigenvalue weighted by atomic mass is 10.1. The van der Waals surface area contributed by atoms with Gasteiger partial charge in [-0.3, -0.25) is 9.59 Å². The number of rotatable bonds is 6. The molecule has 2 aromatic carbocycles. The zero-order valence-electron chi connectivity index (χ0n) is 21.3. The van der Waals surface area contributed by atoms with Gasteiger partial charge in [0.1, 0.15) is 10.6 Å². The second-order valence-corrected chi connectivity index (χ2v) is 11.8. The van der Waals surface area contributed by atoms with E-state index in [2.05, 4.69) is 25.9 Å². The van der Waals surface area contributed by atoms with Crippen LogP contribution in [0, 0.1) is 0 Å². The lowest BCUT2D eigenvalue weighted by molar-refractivity contribution is -0.114. The highest BCUT2D eigenvalue weighted by Crippen LogP contribution is 2.36. The number of fused-ring (bicyclic) bond motifs is 1. The third-order valence-corrected chi connectivity index (χ3v) is 7.10. The van der Waals surface area contributed by atoms with Crippen LogP contribution in [-0.2, 0) is 20.1 Å². The summed E-state index contributed by atoms with van der Waals surface area (Å²) < 4.78 is 6.58. The minimum Gasteiger partial charge on any atom is -0.442 e. The number of aromatic nitrogens is 4. The summed E-state index contributed by atoms with van der Waals surface area (Å²) in [4.78, 5) is 35.6. The zero-order valence-corrected chi connectivity index (χ0v) is 23.7. The lowest BCUT2D eigenvalue weighted by Gasteiger charge is -2.19. The number of halogens is 1. The molecule has 0 fully saturated rings. The van der Waals surface area contributed by atoms with Gasteiger partial charge in [-0.1, -0.05) is 34.7 Å². The molecular formula is C25H25ClN6O4S2. The number of nitrogens with zero attached hydrogens (tertiary/aromatic N) is 4. The van der Waals surface area contributed by atoms with Gasteiger partial charge in [0.15, 0.2) is 5.12 Å². The standard InChI is InChI=1S/C25H25ClN6O4S2/c1-13(33)28-17-9-15(12-37-14(2)34)8-16(10-17)22-30-31-23(38-22)29-19-6-7-20-18(21(19)26)11-27-32(20)24(35)36-25(3,4)5/h6-11H,12H2,1-5H3,(H,28,33)(H,29,31). The second kappa shape index (κ2) is 11.1. The molecule has 10 nitrogen and oxygen atoms in total. The van der Waals surface area contributed by atoms with Crippen LogP contribution in [0.5, 0.6) is 0 Å². The number of hydrogen-bond donors (Lipinski definition) is 2. The van der Waals surface area contributed by atoms with Gasteiger partial charge in [0.2, 0.25) is 11.0 Å². The van der Waals surface area contributed by atoms with E-state index in [0.29, 0.717) is 43.2 Å². The van der Waals surface area contributed by atoms with Gasteiger partial charge in [-0.05, 0) is 56.7 Å². The van der Waals surface area contributed by atoms with Crippen LogP contribution in [0.4, 0.5) is 21.3 Å². The maximum Gasteiger partial charge on any atom is 0.435 e. The number of anilines is 3. The van der Waals surface area contributed by atoms with Crippen LogP contribution in [0.2, 0.25) is 5.02 Å². The van der Waals surface area contributed by atoms with Gasteiger partial charge in [0, 0.05) is 36.2 Å². The van der Waals surface area contributed by atoms with Gasteiger partial charge in [-0.25, -0.2) is 4.79 Å². The Morgan fingerprint density at radius 3 is 2.58 bits per heavy atom. The van der Waals surface area contributed by atoms with Crippen LogP contribution < -0.4 is 10.6 Å². The van der Waals surface area contributed by atoms with E-state index in [1.165, 1.54) is 47.8 Å². The normalized spacial score (nSPS) is 11.4. The van der Waals surface area contributed by atoms with Crippen LogP contribution in [0.25, 0.3) is 21.5 Å². The van der Waals surface area contributed by atoms with Crippen molar-refractivity contribution in [1.82, 2.24) is 20.0 Å². The molecule has 0 aliphatic heterocycles. The molecule has 4 rings (SSSR count). The van der Waals surface area contributed by atoms with Crippen LogP contribution in [0.1, 0.15) is 40.2 Å². The predicted molar refractivity (Wildman–Crippen MR) is 151 cm³/mol. The number of benzene rings is 2. The summed E-state index contributed by atoms with van der Waals surface area (Å²) in [5.41, 5.74) is 2.64. The second-order valence-electron chi connectivity index (χ2n) is 9.31. The molecule has 2 heterocycles. The van der Waals surface area contributed by atoms with E-state index in [0.717, 1.165) is 11.1 Å². The fraction of sp³-hybridized carbons (Fsp3) is 0.280. The van der Waals surface area contributed by atoms with Crippen molar-refractivity contribution in [3.05, 3.63) is 47.1 Å². The van der Waals surface area contributed by atoms with Crippen molar-refractivity contribution in [1.29, 1.82) is 0 Å². The third kappa shape index (κ3) is 6.69. The SMILES string of the molecule is CC(=O)Nc1cc(CSC(C)=O)cc(-c2nnc(Nc3ccc4c(cnn4C(=O)OC(C)(C)C)c3Cl)s2)c1. The molecule has 0 atom stereocenters. The summed E-state index contributed by atoms with van der Waals surface area (Å²) in [6.07, 6.45) is 0.910. The molecule has 38 heavy (non-hydrogen) atoms. The molecule has 0 saturated heterocycles. The highest BCUT2D eigenvalue weighted by Gasteiger charge is 2.21. The van der Waals surface area contributed by atoms with Crippen molar-refractivity contribution >= 4 is 79.2 Å². The molecule has 0 unspecified atom stereocenters. The van der Waals surface area contributed by atoms with E-state index in [1.807, 2.05) is 12.1 Å². The topological polar surface area (TPSA) is 128 Å². The van der Waals surface area contributed by atoms with Crippen molar-refractivity contribution in [3.8, 4) is 10.6 Å². The quantitative estimate of drug-likeness (QED) is 0.267. The summed E-state index contributed by atoms with van der Waals surface area (Å²) in [6.45, 7) is 8.29. The number of nitrogens with one attached hydrogen (secondary N) is 2. The Balaban J connectivity index is 1.59. The Morgan fingerprint density at radius 2 is 1.89 bits per heavy atom. The Hall–Kier alpha value is -3.48. The molecule has 13 heteroatoms. The average Bonchev–Trinajstić information content (AvgIpc) is 3.45. The first-order chi connectivity index (χ1) is 17.9. The van der Waals surface area contributed by atoms with Gasteiger partial charge >= 0.3 is 6.09 Å². The Bertz CT molecular complexity index is 1540. The molecule has 0 bridgehead atoms. The molecule has 0 saturated carbocycles. The number of thioether (sulfide) groups is 1. The van der Waals surface area contributed by atoms with Crippen molar-refractivity contribution < 1.29 is 19.1 Å². The molecule has 0 aliphatic rings. The average molecular weight is 573 g/mol. The van der Waals surface area contributed by atoms with Gasteiger partial charge in [0.05, 0.1) is 22.4 Å². The number of amides is 1. The summed E-state index contributed by atoms with van der Waals surface area (Å²) >= 11 is 9.12. The molecule has 198 valence electrons. The van der Waals surface area contributed by atoms with Crippen LogP contribution in [-0.4, -0.2) is 42.7 Å². The monoisotopic (exact) mass is 572 g/mol. The van der Waals surface area contributed by atoms with Crippen molar-refractivity contribution in [2.75, 3.05) is 10.6 Å². The van der Waals surface area contributed by atoms with Gasteiger partial charge < -0.3 is 15.4 Å². The maximum absolute atomic E-state index is 12.5. The summed E-state index contributed by atoms with van der Waals surface area (Å²) in [5, 5.41) is 20.7.